The van der Waals surface area contributed by atoms with Crippen molar-refractivity contribution in [2.45, 2.75) is 41.0 Å². The number of carbonyl (C=O) groups is 2. The normalized spacial score (nSPS) is 11.0. The van der Waals surface area contributed by atoms with Crippen molar-refractivity contribution in [1.82, 2.24) is 4.98 Å². The van der Waals surface area contributed by atoms with Crippen LogP contribution >= 0.6 is 0 Å². The van der Waals surface area contributed by atoms with Crippen molar-refractivity contribution in [2.75, 3.05) is 10.6 Å². The lowest BCUT2D eigenvalue weighted by molar-refractivity contribution is -0.118. The summed E-state index contributed by atoms with van der Waals surface area (Å²) < 4.78 is 0. The number of nitrogens with one attached hydrogen (secondary N) is 2. The summed E-state index contributed by atoms with van der Waals surface area (Å²) >= 11 is 0. The molecule has 150 valence electrons. The minimum atomic E-state index is -0.175. The molecule has 2 N–H and O–H groups in total. The standard InChI is InChI=1S/C24H27N3O2/c1-6-19-16(5)22(18-9-7-8-10-20(18)26-19)24(29)27-21-13-17(12-11-15(21)4)25-23(28)14(2)3/h7-14H,6H2,1-5H3,(H,25,28)(H,27,29). The van der Waals surface area contributed by atoms with Crippen LogP contribution in [0.4, 0.5) is 11.4 Å². The van der Waals surface area contributed by atoms with E-state index in [0.717, 1.165) is 34.1 Å². The summed E-state index contributed by atoms with van der Waals surface area (Å²) in [6.45, 7) is 9.60. The second-order valence-corrected chi connectivity index (χ2v) is 7.56. The highest BCUT2D eigenvalue weighted by atomic mass is 16.2. The first-order valence-corrected chi connectivity index (χ1v) is 9.92. The van der Waals surface area contributed by atoms with Crippen molar-refractivity contribution >= 4 is 34.1 Å². The van der Waals surface area contributed by atoms with Gasteiger partial charge in [-0.2, -0.15) is 0 Å². The average Bonchev–Trinajstić information content (AvgIpc) is 2.69. The Bertz CT molecular complexity index is 1090. The summed E-state index contributed by atoms with van der Waals surface area (Å²) in [6.07, 6.45) is 0.757. The topological polar surface area (TPSA) is 71.1 Å². The molecule has 0 fully saturated rings. The maximum Gasteiger partial charge on any atom is 0.256 e. The van der Waals surface area contributed by atoms with Gasteiger partial charge in [-0.3, -0.25) is 14.6 Å². The van der Waals surface area contributed by atoms with Crippen LogP contribution in [0.25, 0.3) is 10.9 Å². The van der Waals surface area contributed by atoms with Crippen LogP contribution in [0.2, 0.25) is 0 Å². The number of nitrogens with zero attached hydrogens (tertiary/aromatic N) is 1. The molecule has 0 radical (unpaired) electrons. The summed E-state index contributed by atoms with van der Waals surface area (Å²) in [4.78, 5) is 30.0. The number of anilines is 2. The summed E-state index contributed by atoms with van der Waals surface area (Å²) in [5, 5.41) is 6.75. The number of pyridine rings is 1. The van der Waals surface area contributed by atoms with Crippen molar-refractivity contribution in [3.8, 4) is 0 Å². The van der Waals surface area contributed by atoms with Crippen molar-refractivity contribution in [1.29, 1.82) is 0 Å². The molecule has 0 aliphatic heterocycles. The number of aromatic nitrogens is 1. The Hall–Kier alpha value is -3.21. The van der Waals surface area contributed by atoms with Gasteiger partial charge in [0.05, 0.1) is 11.1 Å². The average molecular weight is 389 g/mol. The molecular weight excluding hydrogens is 362 g/mol. The Morgan fingerprint density at radius 1 is 1.03 bits per heavy atom. The smallest absolute Gasteiger partial charge is 0.256 e. The van der Waals surface area contributed by atoms with Gasteiger partial charge in [0.15, 0.2) is 0 Å². The van der Waals surface area contributed by atoms with Crippen LogP contribution in [-0.4, -0.2) is 16.8 Å². The molecule has 2 aromatic carbocycles. The van der Waals surface area contributed by atoms with E-state index in [0.29, 0.717) is 16.9 Å². The number of aryl methyl sites for hydroxylation is 2. The minimum absolute atomic E-state index is 0.0605. The predicted molar refractivity (Wildman–Crippen MR) is 118 cm³/mol. The third-order valence-electron chi connectivity index (χ3n) is 5.08. The molecule has 1 aromatic heterocycles. The summed E-state index contributed by atoms with van der Waals surface area (Å²) in [7, 11) is 0. The number of para-hydroxylation sites is 1. The summed E-state index contributed by atoms with van der Waals surface area (Å²) in [6, 6.07) is 13.2. The van der Waals surface area contributed by atoms with Gasteiger partial charge in [-0.05, 0) is 49.6 Å². The molecule has 0 saturated carbocycles. The predicted octanol–water partition coefficient (Wildman–Crippen LogP) is 5.26. The van der Waals surface area contributed by atoms with E-state index >= 15 is 0 Å². The second-order valence-electron chi connectivity index (χ2n) is 7.56. The fourth-order valence-electron chi connectivity index (χ4n) is 3.30. The zero-order chi connectivity index (χ0) is 21.1. The third-order valence-corrected chi connectivity index (χ3v) is 5.08. The van der Waals surface area contributed by atoms with Crippen LogP contribution in [0.5, 0.6) is 0 Å². The maximum atomic E-state index is 13.3. The second kappa shape index (κ2) is 8.43. The Kier molecular flexibility index (Phi) is 5.97. The zero-order valence-electron chi connectivity index (χ0n) is 17.6. The molecule has 0 unspecified atom stereocenters. The van der Waals surface area contributed by atoms with Crippen molar-refractivity contribution in [3.63, 3.8) is 0 Å². The van der Waals surface area contributed by atoms with E-state index in [4.69, 9.17) is 4.98 Å². The highest BCUT2D eigenvalue weighted by Gasteiger charge is 2.18. The number of hydrogen-bond donors (Lipinski definition) is 2. The van der Waals surface area contributed by atoms with Crippen LogP contribution in [0.3, 0.4) is 0 Å². The van der Waals surface area contributed by atoms with Crippen molar-refractivity contribution in [2.24, 2.45) is 5.92 Å². The largest absolute Gasteiger partial charge is 0.326 e. The Morgan fingerprint density at radius 3 is 2.45 bits per heavy atom. The van der Waals surface area contributed by atoms with Crippen LogP contribution in [0.15, 0.2) is 42.5 Å². The molecule has 0 atom stereocenters. The lowest BCUT2D eigenvalue weighted by atomic mass is 9.99. The van der Waals surface area contributed by atoms with Crippen LogP contribution in [0.1, 0.15) is 48.0 Å². The third kappa shape index (κ3) is 4.29. The molecule has 0 saturated heterocycles. The van der Waals surface area contributed by atoms with E-state index < -0.39 is 0 Å². The van der Waals surface area contributed by atoms with Gasteiger partial charge in [0, 0.05) is 28.4 Å². The van der Waals surface area contributed by atoms with E-state index in [1.165, 1.54) is 0 Å². The molecule has 2 amide bonds. The monoisotopic (exact) mass is 389 g/mol. The molecule has 0 aliphatic carbocycles. The lowest BCUT2D eigenvalue weighted by Gasteiger charge is -2.16. The van der Waals surface area contributed by atoms with Gasteiger partial charge in [-0.25, -0.2) is 0 Å². The number of amides is 2. The number of fused-ring (bicyclic) bond motifs is 1. The van der Waals surface area contributed by atoms with Gasteiger partial charge < -0.3 is 10.6 Å². The fourth-order valence-corrected chi connectivity index (χ4v) is 3.30. The van der Waals surface area contributed by atoms with Gasteiger partial charge >= 0.3 is 0 Å². The van der Waals surface area contributed by atoms with E-state index in [1.807, 2.05) is 71.0 Å². The van der Waals surface area contributed by atoms with E-state index in [-0.39, 0.29) is 17.7 Å². The molecule has 3 aromatic rings. The Labute approximate surface area is 171 Å². The van der Waals surface area contributed by atoms with Crippen molar-refractivity contribution < 1.29 is 9.59 Å². The molecular formula is C24H27N3O2. The van der Waals surface area contributed by atoms with Gasteiger partial charge in [0.2, 0.25) is 5.91 Å². The van der Waals surface area contributed by atoms with Crippen LogP contribution < -0.4 is 10.6 Å². The van der Waals surface area contributed by atoms with Gasteiger partial charge in [-0.15, -0.1) is 0 Å². The lowest BCUT2D eigenvalue weighted by Crippen LogP contribution is -2.19. The first-order chi connectivity index (χ1) is 13.8. The number of carbonyl (C=O) groups excluding carboxylic acids is 2. The Balaban J connectivity index is 1.99. The first-order valence-electron chi connectivity index (χ1n) is 9.92. The van der Waals surface area contributed by atoms with Crippen LogP contribution in [0, 0.1) is 19.8 Å². The maximum absolute atomic E-state index is 13.3. The molecule has 29 heavy (non-hydrogen) atoms. The number of benzene rings is 2. The first kappa shape index (κ1) is 20.5. The molecule has 1 heterocycles. The van der Waals surface area contributed by atoms with E-state index in [2.05, 4.69) is 10.6 Å². The number of hydrogen-bond acceptors (Lipinski definition) is 3. The fraction of sp³-hybridized carbons (Fsp3) is 0.292. The number of rotatable bonds is 5. The highest BCUT2D eigenvalue weighted by molar-refractivity contribution is 6.14. The molecule has 5 heteroatoms. The molecule has 5 nitrogen and oxygen atoms in total. The molecule has 3 rings (SSSR count). The van der Waals surface area contributed by atoms with Gasteiger partial charge in [0.25, 0.3) is 5.91 Å². The van der Waals surface area contributed by atoms with Crippen molar-refractivity contribution in [3.05, 3.63) is 64.8 Å². The zero-order valence-corrected chi connectivity index (χ0v) is 17.6. The summed E-state index contributed by atoms with van der Waals surface area (Å²) in [5.74, 6) is -0.353. The SMILES string of the molecule is CCc1nc2ccccc2c(C(=O)Nc2cc(NC(=O)C(C)C)ccc2C)c1C. The van der Waals surface area contributed by atoms with Gasteiger partial charge in [-0.1, -0.05) is 45.0 Å². The van der Waals surface area contributed by atoms with Gasteiger partial charge in [0.1, 0.15) is 0 Å². The highest BCUT2D eigenvalue weighted by Crippen LogP contribution is 2.26. The summed E-state index contributed by atoms with van der Waals surface area (Å²) in [5.41, 5.74) is 5.53. The molecule has 0 bridgehead atoms. The molecule has 0 spiro atoms. The van der Waals surface area contributed by atoms with Crippen LogP contribution in [-0.2, 0) is 11.2 Å². The molecule has 0 aliphatic rings. The Morgan fingerprint density at radius 2 is 1.76 bits per heavy atom. The van der Waals surface area contributed by atoms with E-state index in [1.54, 1.807) is 6.07 Å². The van der Waals surface area contributed by atoms with E-state index in [9.17, 15) is 9.59 Å². The minimum Gasteiger partial charge on any atom is -0.326 e. The quantitative estimate of drug-likeness (QED) is 0.625.